The molecule has 0 saturated heterocycles. The molecule has 0 atom stereocenters. The van der Waals surface area contributed by atoms with E-state index >= 15 is 0 Å². The first-order chi connectivity index (χ1) is 24.3. The molecule has 0 amide bonds. The van der Waals surface area contributed by atoms with E-state index in [9.17, 15) is 0 Å². The van der Waals surface area contributed by atoms with Crippen molar-refractivity contribution in [2.24, 2.45) is 0 Å². The highest BCUT2D eigenvalue weighted by molar-refractivity contribution is 7.25. The van der Waals surface area contributed by atoms with Crippen LogP contribution in [0.1, 0.15) is 0 Å². The van der Waals surface area contributed by atoms with Crippen molar-refractivity contribution in [3.63, 3.8) is 0 Å². The average molecular weight is 645 g/mol. The number of aromatic nitrogens is 1. The number of nitrogens with zero attached hydrogens (tertiary/aromatic N) is 2. The molecule has 0 radical (unpaired) electrons. The topological polar surface area (TPSA) is 29.3 Å². The van der Waals surface area contributed by atoms with Crippen LogP contribution in [0.5, 0.6) is 0 Å². The summed E-state index contributed by atoms with van der Waals surface area (Å²) in [7, 11) is 0. The second-order valence-electron chi connectivity index (χ2n) is 12.4. The fourth-order valence-electron chi connectivity index (χ4n) is 7.14. The van der Waals surface area contributed by atoms with Crippen LogP contribution in [0.25, 0.3) is 75.3 Å². The van der Waals surface area contributed by atoms with Crippen molar-refractivity contribution in [3.05, 3.63) is 170 Å². The lowest BCUT2D eigenvalue weighted by Crippen LogP contribution is -2.11. The summed E-state index contributed by atoms with van der Waals surface area (Å²) in [5, 5.41) is 5.98. The Morgan fingerprint density at radius 3 is 2.14 bits per heavy atom. The third kappa shape index (κ3) is 4.68. The summed E-state index contributed by atoms with van der Waals surface area (Å²) in [6, 6.07) is 58.4. The monoisotopic (exact) mass is 644 g/mol. The molecule has 0 aliphatic rings. The minimum absolute atomic E-state index is 0.873. The average Bonchev–Trinajstić information content (AvgIpc) is 3.72. The van der Waals surface area contributed by atoms with Gasteiger partial charge in [0.2, 0.25) is 0 Å². The Labute approximate surface area is 286 Å². The molecular weight excluding hydrogens is 617 g/mol. The first kappa shape index (κ1) is 27.8. The van der Waals surface area contributed by atoms with Gasteiger partial charge < -0.3 is 9.32 Å². The van der Waals surface area contributed by atoms with E-state index in [0.29, 0.717) is 0 Å². The lowest BCUT2D eigenvalue weighted by Gasteiger charge is -2.28. The minimum Gasteiger partial charge on any atom is -0.456 e. The minimum atomic E-state index is 0.873. The van der Waals surface area contributed by atoms with Crippen LogP contribution in [-0.4, -0.2) is 4.98 Å². The van der Waals surface area contributed by atoms with Gasteiger partial charge in [0.05, 0.1) is 11.2 Å². The van der Waals surface area contributed by atoms with Gasteiger partial charge in [0.25, 0.3) is 0 Å². The van der Waals surface area contributed by atoms with Crippen molar-refractivity contribution in [3.8, 4) is 22.3 Å². The molecule has 230 valence electrons. The molecule has 10 rings (SSSR count). The van der Waals surface area contributed by atoms with E-state index in [1.165, 1.54) is 42.2 Å². The van der Waals surface area contributed by atoms with Crippen molar-refractivity contribution in [1.82, 2.24) is 4.98 Å². The SMILES string of the molecule is c1ccc(-c2ccccc2N(c2ccc(-c3ccc4sc5cc6ncccc6cc5c4c3)cc2)c2ccc3c(c2)oc2ccccc23)cc1. The number of hydrogen-bond donors (Lipinski definition) is 0. The molecule has 7 aromatic carbocycles. The highest BCUT2D eigenvalue weighted by atomic mass is 32.1. The van der Waals surface area contributed by atoms with Crippen LogP contribution in [-0.2, 0) is 0 Å². The summed E-state index contributed by atoms with van der Waals surface area (Å²) in [4.78, 5) is 6.92. The second-order valence-corrected chi connectivity index (χ2v) is 13.5. The van der Waals surface area contributed by atoms with Gasteiger partial charge in [-0.25, -0.2) is 0 Å². The molecule has 3 nitrogen and oxygen atoms in total. The zero-order valence-corrected chi connectivity index (χ0v) is 27.2. The number of fused-ring (bicyclic) bond motifs is 7. The van der Waals surface area contributed by atoms with Gasteiger partial charge in [0.1, 0.15) is 11.2 Å². The van der Waals surface area contributed by atoms with Gasteiger partial charge in [-0.1, -0.05) is 91.0 Å². The molecule has 0 aliphatic heterocycles. The van der Waals surface area contributed by atoms with Gasteiger partial charge in [-0.05, 0) is 83.4 Å². The molecular formula is C45H28N2OS. The van der Waals surface area contributed by atoms with Crippen LogP contribution < -0.4 is 4.90 Å². The number of rotatable bonds is 5. The summed E-state index contributed by atoms with van der Waals surface area (Å²) in [5.74, 6) is 0. The first-order valence-corrected chi connectivity index (χ1v) is 17.3. The van der Waals surface area contributed by atoms with Crippen molar-refractivity contribution in [2.75, 3.05) is 4.90 Å². The Morgan fingerprint density at radius 2 is 1.22 bits per heavy atom. The molecule has 10 aromatic rings. The van der Waals surface area contributed by atoms with Crippen molar-refractivity contribution in [1.29, 1.82) is 0 Å². The van der Waals surface area contributed by atoms with E-state index in [2.05, 4.69) is 155 Å². The van der Waals surface area contributed by atoms with Gasteiger partial charge in [0.15, 0.2) is 0 Å². The summed E-state index contributed by atoms with van der Waals surface area (Å²) in [6.45, 7) is 0. The van der Waals surface area contributed by atoms with Crippen molar-refractivity contribution in [2.45, 2.75) is 0 Å². The maximum atomic E-state index is 6.36. The predicted molar refractivity (Wildman–Crippen MR) is 207 cm³/mol. The maximum absolute atomic E-state index is 6.36. The number of benzene rings is 7. The number of anilines is 3. The highest BCUT2D eigenvalue weighted by Gasteiger charge is 2.19. The van der Waals surface area contributed by atoms with Gasteiger partial charge in [-0.3, -0.25) is 4.98 Å². The van der Waals surface area contributed by atoms with Gasteiger partial charge >= 0.3 is 0 Å². The van der Waals surface area contributed by atoms with Crippen LogP contribution >= 0.6 is 11.3 Å². The molecule has 0 fully saturated rings. The lowest BCUT2D eigenvalue weighted by atomic mass is 10.00. The smallest absolute Gasteiger partial charge is 0.137 e. The number of furan rings is 1. The fourth-order valence-corrected chi connectivity index (χ4v) is 8.24. The molecule has 0 bridgehead atoms. The first-order valence-electron chi connectivity index (χ1n) is 16.4. The van der Waals surface area contributed by atoms with Gasteiger partial charge in [-0.2, -0.15) is 0 Å². The summed E-state index contributed by atoms with van der Waals surface area (Å²) in [5.41, 5.74) is 10.7. The molecule has 0 spiro atoms. The van der Waals surface area contributed by atoms with E-state index in [1.54, 1.807) is 0 Å². The molecule has 0 saturated carbocycles. The van der Waals surface area contributed by atoms with E-state index in [4.69, 9.17) is 4.42 Å². The predicted octanol–water partition coefficient (Wildman–Crippen LogP) is 13.3. The van der Waals surface area contributed by atoms with Gasteiger partial charge in [0, 0.05) is 65.5 Å². The largest absolute Gasteiger partial charge is 0.456 e. The number of pyridine rings is 1. The fraction of sp³-hybridized carbons (Fsp3) is 0. The zero-order valence-electron chi connectivity index (χ0n) is 26.4. The molecule has 3 heterocycles. The normalized spacial score (nSPS) is 11.7. The summed E-state index contributed by atoms with van der Waals surface area (Å²) < 4.78 is 8.91. The Balaban J connectivity index is 1.11. The summed E-state index contributed by atoms with van der Waals surface area (Å²) >= 11 is 1.83. The van der Waals surface area contributed by atoms with E-state index in [-0.39, 0.29) is 0 Å². The standard InChI is InChI=1S/C45H28N2OS/c1-2-9-30(10-3-1)35-12-4-6-14-41(35)47(34-21-22-37-36-13-5-7-15-42(36)48-43(37)27-34)33-19-16-29(17-20-33)31-18-23-44-38(25-31)39-26-32-11-8-24-46-40(32)28-45(39)49-44/h1-28H. The summed E-state index contributed by atoms with van der Waals surface area (Å²) in [6.07, 6.45) is 1.86. The van der Waals surface area contributed by atoms with Crippen LogP contribution in [0.3, 0.4) is 0 Å². The van der Waals surface area contributed by atoms with Crippen LogP contribution in [0, 0.1) is 0 Å². The van der Waals surface area contributed by atoms with Crippen molar-refractivity contribution >= 4 is 81.4 Å². The number of thiophene rings is 1. The highest BCUT2D eigenvalue weighted by Crippen LogP contribution is 2.44. The van der Waals surface area contributed by atoms with E-state index in [0.717, 1.165) is 50.1 Å². The number of para-hydroxylation sites is 2. The second kappa shape index (κ2) is 11.2. The van der Waals surface area contributed by atoms with Gasteiger partial charge in [-0.15, -0.1) is 11.3 Å². The molecule has 3 aromatic heterocycles. The van der Waals surface area contributed by atoms with E-state index < -0.39 is 0 Å². The quantitative estimate of drug-likeness (QED) is 0.187. The maximum Gasteiger partial charge on any atom is 0.137 e. The van der Waals surface area contributed by atoms with Crippen LogP contribution in [0.2, 0.25) is 0 Å². The van der Waals surface area contributed by atoms with Crippen LogP contribution in [0.15, 0.2) is 174 Å². The van der Waals surface area contributed by atoms with E-state index in [1.807, 2.05) is 35.7 Å². The molecule has 0 aliphatic carbocycles. The zero-order chi connectivity index (χ0) is 32.3. The van der Waals surface area contributed by atoms with Crippen molar-refractivity contribution < 1.29 is 4.42 Å². The van der Waals surface area contributed by atoms with Crippen LogP contribution in [0.4, 0.5) is 17.1 Å². The Kier molecular flexibility index (Phi) is 6.36. The third-order valence-electron chi connectivity index (χ3n) is 9.50. The Morgan fingerprint density at radius 1 is 0.469 bits per heavy atom. The Bertz CT molecular complexity index is 2830. The molecule has 49 heavy (non-hydrogen) atoms. The molecule has 4 heteroatoms. The third-order valence-corrected chi connectivity index (χ3v) is 10.6. The molecule has 0 unspecified atom stereocenters. The molecule has 0 N–H and O–H groups in total. The Hall–Kier alpha value is -6.23. The number of hydrogen-bond acceptors (Lipinski definition) is 4. The lowest BCUT2D eigenvalue weighted by molar-refractivity contribution is 0.669.